The van der Waals surface area contributed by atoms with Gasteiger partial charge in [0.25, 0.3) is 11.5 Å². The molecule has 1 amide bonds. The number of nitrogens with one attached hydrogen (secondary N) is 1. The molecule has 2 aliphatic heterocycles. The van der Waals surface area contributed by atoms with Crippen molar-refractivity contribution in [1.29, 1.82) is 0 Å². The Bertz CT molecular complexity index is 1920. The van der Waals surface area contributed by atoms with E-state index in [4.69, 9.17) is 30.8 Å². The largest absolute Gasteiger partial charge is 0.497 e. The number of thiazole rings is 1. The van der Waals surface area contributed by atoms with Gasteiger partial charge in [-0.1, -0.05) is 52.8 Å². The Balaban J connectivity index is 1.49. The van der Waals surface area contributed by atoms with Crippen LogP contribution in [0.25, 0.3) is 6.08 Å². The third-order valence-corrected chi connectivity index (χ3v) is 8.42. The van der Waals surface area contributed by atoms with Gasteiger partial charge in [-0.15, -0.1) is 0 Å². The average Bonchev–Trinajstić information content (AvgIpc) is 3.52. The number of halogens is 1. The number of benzene rings is 3. The molecule has 6 rings (SSSR count). The minimum absolute atomic E-state index is 0.116. The molecule has 208 valence electrons. The number of hydrogen-bond donors (Lipinski definition) is 1. The van der Waals surface area contributed by atoms with Gasteiger partial charge in [-0.2, -0.15) is 0 Å². The van der Waals surface area contributed by atoms with Gasteiger partial charge in [0, 0.05) is 11.8 Å². The van der Waals surface area contributed by atoms with Crippen LogP contribution in [0.15, 0.2) is 75.7 Å². The first kappa shape index (κ1) is 26.9. The number of allylic oxidation sites excluding steroid dienone is 1. The number of ether oxygens (including phenoxy) is 3. The molecule has 0 aliphatic carbocycles. The van der Waals surface area contributed by atoms with Crippen LogP contribution < -0.4 is 34.4 Å². The van der Waals surface area contributed by atoms with Gasteiger partial charge in [0.15, 0.2) is 16.3 Å². The van der Waals surface area contributed by atoms with Crippen LogP contribution in [0.4, 0.5) is 5.69 Å². The number of carbonyl (C=O) groups is 1. The van der Waals surface area contributed by atoms with Crippen molar-refractivity contribution in [2.45, 2.75) is 26.8 Å². The summed E-state index contributed by atoms with van der Waals surface area (Å²) in [6, 6.07) is 15.9. The van der Waals surface area contributed by atoms with Crippen LogP contribution in [0.1, 0.15) is 35.2 Å². The van der Waals surface area contributed by atoms with E-state index in [0.717, 1.165) is 16.7 Å². The van der Waals surface area contributed by atoms with Crippen molar-refractivity contribution < 1.29 is 19.0 Å². The van der Waals surface area contributed by atoms with Crippen LogP contribution in [0.3, 0.4) is 0 Å². The van der Waals surface area contributed by atoms with Crippen LogP contribution in [0.2, 0.25) is 5.02 Å². The molecule has 0 bridgehead atoms. The zero-order valence-corrected chi connectivity index (χ0v) is 24.4. The van der Waals surface area contributed by atoms with E-state index in [2.05, 4.69) is 5.32 Å². The monoisotopic (exact) mass is 587 g/mol. The first-order chi connectivity index (χ1) is 19.7. The molecule has 0 spiro atoms. The van der Waals surface area contributed by atoms with E-state index in [-0.39, 0.29) is 18.3 Å². The molecule has 41 heavy (non-hydrogen) atoms. The quantitative estimate of drug-likeness (QED) is 0.359. The Labute approximate surface area is 244 Å². The lowest BCUT2D eigenvalue weighted by Gasteiger charge is -2.25. The first-order valence-electron chi connectivity index (χ1n) is 12.9. The number of carbonyl (C=O) groups excluding carboxylic acids is 1. The van der Waals surface area contributed by atoms with E-state index in [1.54, 1.807) is 36.8 Å². The SMILES string of the molecule is COc1ccc([C@H]2C(C(=O)Nc3ccc(C)cc3C)=C(C)N=c3s/c(=C\c4cc5c(cc4Cl)OCO5)c(=O)n32)cc1. The molecule has 10 heteroatoms. The minimum Gasteiger partial charge on any atom is -0.497 e. The molecular weight excluding hydrogens is 562 g/mol. The highest BCUT2D eigenvalue weighted by atomic mass is 35.5. The number of anilines is 1. The third kappa shape index (κ3) is 4.92. The van der Waals surface area contributed by atoms with Gasteiger partial charge in [-0.3, -0.25) is 14.2 Å². The van der Waals surface area contributed by atoms with Gasteiger partial charge in [-0.05, 0) is 67.8 Å². The van der Waals surface area contributed by atoms with Crippen molar-refractivity contribution in [3.8, 4) is 17.2 Å². The standard InChI is InChI=1S/C31H26ClN3O5S/c1-16-5-10-23(17(2)11-16)34-29(36)27-18(3)33-31-35(28(27)19-6-8-21(38-4)9-7-19)30(37)26(41-31)13-20-12-24-25(14-22(20)32)40-15-39-24/h5-14,28H,15H2,1-4H3,(H,34,36)/b26-13-/t28-/m0/s1. The summed E-state index contributed by atoms with van der Waals surface area (Å²) in [5, 5.41) is 3.47. The summed E-state index contributed by atoms with van der Waals surface area (Å²) >= 11 is 7.75. The molecule has 3 aromatic carbocycles. The fourth-order valence-electron chi connectivity index (χ4n) is 5.04. The molecule has 1 atom stereocenters. The highest BCUT2D eigenvalue weighted by molar-refractivity contribution is 7.07. The summed E-state index contributed by atoms with van der Waals surface area (Å²) in [7, 11) is 1.59. The summed E-state index contributed by atoms with van der Waals surface area (Å²) < 4.78 is 18.2. The van der Waals surface area contributed by atoms with E-state index in [9.17, 15) is 9.59 Å². The highest BCUT2D eigenvalue weighted by Crippen LogP contribution is 2.37. The van der Waals surface area contributed by atoms with Crippen molar-refractivity contribution in [2.75, 3.05) is 19.2 Å². The van der Waals surface area contributed by atoms with Crippen molar-refractivity contribution in [1.82, 2.24) is 4.57 Å². The Morgan fingerprint density at radius 1 is 1.10 bits per heavy atom. The van der Waals surface area contributed by atoms with Gasteiger partial charge < -0.3 is 19.5 Å². The molecule has 2 aliphatic rings. The summed E-state index contributed by atoms with van der Waals surface area (Å²) in [6.45, 7) is 5.85. The molecule has 0 radical (unpaired) electrons. The van der Waals surface area contributed by atoms with Gasteiger partial charge >= 0.3 is 0 Å². The van der Waals surface area contributed by atoms with Gasteiger partial charge in [-0.25, -0.2) is 4.99 Å². The molecule has 0 fully saturated rings. The van der Waals surface area contributed by atoms with Crippen LogP contribution in [0, 0.1) is 13.8 Å². The smallest absolute Gasteiger partial charge is 0.271 e. The number of hydrogen-bond acceptors (Lipinski definition) is 7. The molecule has 8 nitrogen and oxygen atoms in total. The number of aromatic nitrogens is 1. The Morgan fingerprint density at radius 2 is 1.83 bits per heavy atom. The maximum absolute atomic E-state index is 14.0. The average molecular weight is 588 g/mol. The van der Waals surface area contributed by atoms with E-state index in [1.807, 2.05) is 56.3 Å². The normalized spacial score (nSPS) is 15.9. The maximum atomic E-state index is 14.0. The molecule has 0 saturated carbocycles. The summed E-state index contributed by atoms with van der Waals surface area (Å²) in [6.07, 6.45) is 1.72. The van der Waals surface area contributed by atoms with Crippen molar-refractivity contribution in [3.63, 3.8) is 0 Å². The topological polar surface area (TPSA) is 91.2 Å². The second kappa shape index (κ2) is 10.6. The number of fused-ring (bicyclic) bond motifs is 2. The second-order valence-corrected chi connectivity index (χ2v) is 11.3. The number of amides is 1. The number of rotatable bonds is 5. The van der Waals surface area contributed by atoms with Gasteiger partial charge in [0.2, 0.25) is 6.79 Å². The van der Waals surface area contributed by atoms with Crippen molar-refractivity contribution in [3.05, 3.63) is 113 Å². The van der Waals surface area contributed by atoms with E-state index >= 15 is 0 Å². The lowest BCUT2D eigenvalue weighted by molar-refractivity contribution is -0.113. The Hall–Kier alpha value is -4.34. The van der Waals surface area contributed by atoms with E-state index < -0.39 is 6.04 Å². The third-order valence-electron chi connectivity index (χ3n) is 7.11. The Morgan fingerprint density at radius 3 is 2.54 bits per heavy atom. The number of methoxy groups -OCH3 is 1. The van der Waals surface area contributed by atoms with Gasteiger partial charge in [0.1, 0.15) is 5.75 Å². The lowest BCUT2D eigenvalue weighted by Crippen LogP contribution is -2.40. The molecule has 0 saturated heterocycles. The molecule has 3 heterocycles. The minimum atomic E-state index is -0.711. The predicted molar refractivity (Wildman–Crippen MR) is 159 cm³/mol. The van der Waals surface area contributed by atoms with Crippen molar-refractivity contribution in [2.24, 2.45) is 4.99 Å². The summed E-state index contributed by atoms with van der Waals surface area (Å²) in [5.41, 5.74) is 4.73. The lowest BCUT2D eigenvalue weighted by atomic mass is 9.95. The second-order valence-electron chi connectivity index (χ2n) is 9.85. The zero-order chi connectivity index (χ0) is 28.8. The molecule has 1 aromatic heterocycles. The summed E-state index contributed by atoms with van der Waals surface area (Å²) in [4.78, 5) is 33.1. The fourth-order valence-corrected chi connectivity index (χ4v) is 6.29. The molecule has 1 N–H and O–H groups in total. The number of nitrogens with zero attached hydrogens (tertiary/aromatic N) is 2. The molecule has 4 aromatic rings. The van der Waals surface area contributed by atoms with Crippen LogP contribution in [-0.2, 0) is 4.79 Å². The maximum Gasteiger partial charge on any atom is 0.271 e. The van der Waals surface area contributed by atoms with Gasteiger partial charge in [0.05, 0.1) is 34.0 Å². The zero-order valence-electron chi connectivity index (χ0n) is 22.8. The Kier molecular flexibility index (Phi) is 6.93. The molecule has 0 unspecified atom stereocenters. The fraction of sp³-hybridized carbons (Fsp3) is 0.194. The highest BCUT2D eigenvalue weighted by Gasteiger charge is 2.33. The number of aryl methyl sites for hydroxylation is 2. The van der Waals surface area contributed by atoms with E-state index in [0.29, 0.717) is 54.1 Å². The van der Waals surface area contributed by atoms with Crippen molar-refractivity contribution >= 4 is 40.6 Å². The van der Waals surface area contributed by atoms with E-state index in [1.165, 1.54) is 11.3 Å². The van der Waals surface area contributed by atoms with Crippen LogP contribution in [0.5, 0.6) is 17.2 Å². The first-order valence-corrected chi connectivity index (χ1v) is 14.1. The van der Waals surface area contributed by atoms with Crippen LogP contribution >= 0.6 is 22.9 Å². The summed E-state index contributed by atoms with van der Waals surface area (Å²) in [5.74, 6) is 1.46. The van der Waals surface area contributed by atoms with Crippen LogP contribution in [-0.4, -0.2) is 24.4 Å². The predicted octanol–water partition coefficient (Wildman–Crippen LogP) is 4.88. The molecular formula is C31H26ClN3O5S.